The van der Waals surface area contributed by atoms with E-state index in [0.717, 1.165) is 72.3 Å². The van der Waals surface area contributed by atoms with Gasteiger partial charge in [-0.2, -0.15) is 0 Å². The van der Waals surface area contributed by atoms with Crippen molar-refractivity contribution in [1.82, 2.24) is 50.1 Å². The number of halogens is 6. The van der Waals surface area contributed by atoms with Crippen LogP contribution in [0.15, 0.2) is 172 Å². The van der Waals surface area contributed by atoms with Crippen molar-refractivity contribution in [2.75, 3.05) is 166 Å². The largest absolute Gasteiger partial charge is 0.449 e. The number of likely N-dealkylation sites (N-methyl/N-ethyl adjacent to an activating group) is 3. The monoisotopic (exact) mass is 1920 g/mol. The van der Waals surface area contributed by atoms with Gasteiger partial charge in [0.05, 0.1) is 94.0 Å². The number of carbonyl (C=O) groups excluding carboxylic acids is 4. The molecule has 0 saturated heterocycles. The van der Waals surface area contributed by atoms with Crippen LogP contribution in [0.25, 0.3) is 11.1 Å². The van der Waals surface area contributed by atoms with Gasteiger partial charge in [0.2, 0.25) is 47.8 Å². The van der Waals surface area contributed by atoms with E-state index in [1.54, 1.807) is 54.6 Å². The minimum atomic E-state index is -3.93. The van der Waals surface area contributed by atoms with E-state index in [-0.39, 0.29) is 202 Å². The second kappa shape index (κ2) is 47.1. The van der Waals surface area contributed by atoms with Crippen LogP contribution in [0.4, 0.5) is 4.79 Å². The number of carbonyl (C=O) groups is 4. The molecule has 36 heteroatoms. The van der Waals surface area contributed by atoms with E-state index in [2.05, 4.69) is 50.1 Å². The molecule has 0 bridgehead atoms. The van der Waals surface area contributed by atoms with Gasteiger partial charge in [-0.25, -0.2) is 44.2 Å². The molecule has 0 fully saturated rings. The fourth-order valence-corrected chi connectivity index (χ4v) is 21.5. The summed E-state index contributed by atoms with van der Waals surface area (Å²) in [6.07, 6.45) is -1.45. The maximum absolute atomic E-state index is 14.5. The number of hydrogen-bond donors (Lipinski definition) is 7. The molecule has 4 amide bonds. The van der Waals surface area contributed by atoms with Gasteiger partial charge in [0.25, 0.3) is 0 Å². The lowest BCUT2D eigenvalue weighted by Crippen LogP contribution is -2.51. The number of nitrogens with one attached hydrogen (secondary N) is 7. The molecular weight excluding hydrogens is 1810 g/mol. The first-order valence-corrected chi connectivity index (χ1v) is 48.9. The van der Waals surface area contributed by atoms with Crippen LogP contribution in [0.3, 0.4) is 0 Å². The maximum atomic E-state index is 14.5. The van der Waals surface area contributed by atoms with Crippen LogP contribution in [0.2, 0.25) is 30.1 Å². The zero-order valence-corrected chi connectivity index (χ0v) is 78.0. The van der Waals surface area contributed by atoms with Crippen LogP contribution in [0.1, 0.15) is 123 Å². The highest BCUT2D eigenvalue weighted by Crippen LogP contribution is 2.46. The predicted molar refractivity (Wildman–Crippen MR) is 491 cm³/mol. The molecule has 0 radical (unpaired) electrons. The maximum Gasteiger partial charge on any atom is 0.407 e. The van der Waals surface area contributed by atoms with Gasteiger partial charge in [-0.1, -0.05) is 155 Å². The Bertz CT molecular complexity index is 5030. The third-order valence-electron chi connectivity index (χ3n) is 22.8. The molecule has 12 rings (SSSR count). The second-order valence-electron chi connectivity index (χ2n) is 32.0. The van der Waals surface area contributed by atoms with E-state index in [1.807, 2.05) is 106 Å². The molecule has 127 heavy (non-hydrogen) atoms. The molecule has 0 unspecified atom stereocenters. The molecule has 27 nitrogen and oxygen atoms in total. The Morgan fingerprint density at radius 2 is 0.669 bits per heavy atom. The Labute approximate surface area is 773 Å². The molecule has 8 aromatic carbocycles. The van der Waals surface area contributed by atoms with E-state index in [4.69, 9.17) is 103 Å². The summed E-state index contributed by atoms with van der Waals surface area (Å²) in [5.41, 5.74) is 10.7. The fraction of sp³-hybridized carbons (Fsp3) is 0.429. The molecule has 0 saturated carbocycles. The van der Waals surface area contributed by atoms with Crippen LogP contribution in [0.5, 0.6) is 0 Å². The van der Waals surface area contributed by atoms with Gasteiger partial charge in [-0.3, -0.25) is 14.4 Å². The summed E-state index contributed by atoms with van der Waals surface area (Å²) < 4.78 is 130. The van der Waals surface area contributed by atoms with Crippen molar-refractivity contribution in [3.05, 3.63) is 249 Å². The number of ether oxygens (including phenoxy) is 7. The number of amides is 4. The normalized spacial score (nSPS) is 16.1. The van der Waals surface area contributed by atoms with Crippen LogP contribution < -0.4 is 35.4 Å². The molecule has 3 atom stereocenters. The Morgan fingerprint density at radius 3 is 0.984 bits per heavy atom. The predicted octanol–water partition coefficient (Wildman–Crippen LogP) is 12.6. The summed E-state index contributed by atoms with van der Waals surface area (Å²) in [5, 5.41) is 14.8. The number of sulfonamides is 3. The number of hydrogen-bond acceptors (Lipinski definition) is 20. The van der Waals surface area contributed by atoms with Crippen molar-refractivity contribution < 1.29 is 77.6 Å². The zero-order chi connectivity index (χ0) is 90.3. The van der Waals surface area contributed by atoms with E-state index in [0.29, 0.717) is 69.4 Å². The summed E-state index contributed by atoms with van der Waals surface area (Å²) in [6, 6.07) is 47.0. The molecule has 0 spiro atoms. The van der Waals surface area contributed by atoms with Crippen molar-refractivity contribution in [2.24, 2.45) is 0 Å². The van der Waals surface area contributed by atoms with Gasteiger partial charge in [0, 0.05) is 157 Å². The highest BCUT2D eigenvalue weighted by Gasteiger charge is 2.38. The number of fused-ring (bicyclic) bond motifs is 6. The summed E-state index contributed by atoms with van der Waals surface area (Å²) in [6.45, 7) is 5.13. The molecule has 0 aromatic heterocycles. The van der Waals surface area contributed by atoms with Crippen molar-refractivity contribution >= 4 is 123 Å². The first kappa shape index (κ1) is 98.6. The lowest BCUT2D eigenvalue weighted by molar-refractivity contribution is -0.121. The molecule has 4 aliphatic rings. The summed E-state index contributed by atoms with van der Waals surface area (Å²) in [7, 11) is -5.83. The Balaban J connectivity index is 0.615. The molecule has 3 aliphatic heterocycles. The topological polar surface area (TPSA) is 329 Å². The van der Waals surface area contributed by atoms with Gasteiger partial charge in [0.15, 0.2) is 0 Å². The van der Waals surface area contributed by atoms with E-state index < -0.39 is 59.4 Å². The van der Waals surface area contributed by atoms with Gasteiger partial charge < -0.3 is 69.1 Å². The summed E-state index contributed by atoms with van der Waals surface area (Å²) in [5.74, 6) is -2.03. The Morgan fingerprint density at radius 1 is 0.370 bits per heavy atom. The van der Waals surface area contributed by atoms with Crippen molar-refractivity contribution in [3.8, 4) is 11.1 Å². The third-order valence-corrected chi connectivity index (χ3v) is 28.9. The van der Waals surface area contributed by atoms with Crippen molar-refractivity contribution in [3.63, 3.8) is 0 Å². The smallest absolute Gasteiger partial charge is 0.407 e. The minimum Gasteiger partial charge on any atom is -0.449 e. The van der Waals surface area contributed by atoms with Gasteiger partial charge in [-0.15, -0.1) is 0 Å². The second-order valence-corrected chi connectivity index (χ2v) is 39.8. The van der Waals surface area contributed by atoms with Crippen molar-refractivity contribution in [2.45, 2.75) is 102 Å². The van der Waals surface area contributed by atoms with Crippen LogP contribution in [-0.2, 0) is 97.2 Å². The lowest BCUT2D eigenvalue weighted by Gasteiger charge is -2.35. The quantitative estimate of drug-likeness (QED) is 0.0174. The summed E-state index contributed by atoms with van der Waals surface area (Å²) >= 11 is 39.1. The Kier molecular flexibility index (Phi) is 36.5. The molecule has 7 N–H and O–H groups in total. The van der Waals surface area contributed by atoms with E-state index in [9.17, 15) is 44.4 Å². The third kappa shape index (κ3) is 27.8. The fourth-order valence-electron chi connectivity index (χ4n) is 16.6. The molecule has 3 heterocycles. The Hall–Kier alpha value is -7.45. The molecule has 684 valence electrons. The average molecular weight is 1920 g/mol. The van der Waals surface area contributed by atoms with Crippen LogP contribution >= 0.6 is 69.6 Å². The average Bonchev–Trinajstić information content (AvgIpc) is 1.76. The number of benzene rings is 8. The lowest BCUT2D eigenvalue weighted by atomic mass is 9.83. The standard InChI is InChI=1S/C91H108Cl6N10O17S3/c1-105-54-77(74-48-64(92)51-84(95)80(74)57-105)61-11-8-14-67(45-61)125(112,113)101-30-36-121-42-39-118-33-27-98-87(108)21-24-91(104-90(111)124-60-83-72-19-6-4-17-70(72)71-18-5-7-20-73(71)83,25-22-88(109)99-28-34-119-40-43-122-37-31-102-126(114,115)68-15-9-12-62(46-68)78-55-106(2)58-81-75(78)49-65(93)52-85(81)96)26-23-89(110)100-29-35-120-41-44-123-38-32-103-127(116,117)69-16-10-13-63(47-69)79-56-107(3)59-82-76(79)50-66(94)53-86(82)97/h4-20,45-53,77-79,83,101-103H,21-44,54-60H2,1-3H3,(H,98,108)(H,99,109)(H,100,110)(H,104,111)/t77-,78-,79-/m0/s1. The first-order chi connectivity index (χ1) is 61.0. The molecule has 1 aliphatic carbocycles. The van der Waals surface area contributed by atoms with Crippen LogP contribution in [0, 0.1) is 0 Å². The highest BCUT2D eigenvalue weighted by molar-refractivity contribution is 7.90. The SMILES string of the molecule is CN1Cc2c(Cl)cc(Cl)cc2[C@H](c2cccc(S(=O)(=O)NCCOCCOCCNC(=O)CCC(CCC(=O)NCCOCCOCCNS(=O)(=O)c3cccc([C@@H]4CN(C)Cc5c(Cl)cc(Cl)cc54)c3)(CCC(=O)NCCOCCOCCNS(=O)(=O)c3cccc([C@@H]4CN(C)Cc5c(Cl)cc(Cl)cc54)c3)NC(=O)OCC3c4ccccc4-c4ccccc43)c2)C1. The van der Waals surface area contributed by atoms with Gasteiger partial charge in [0.1, 0.15) is 6.61 Å². The first-order valence-electron chi connectivity index (χ1n) is 42.2. The molecule has 8 aromatic rings. The number of alkyl carbamates (subject to hydrolysis) is 1. The number of nitrogens with zero attached hydrogens (tertiary/aromatic N) is 3. The highest BCUT2D eigenvalue weighted by atomic mass is 35.5. The van der Waals surface area contributed by atoms with Gasteiger partial charge in [-0.05, 0) is 186 Å². The van der Waals surface area contributed by atoms with Crippen LogP contribution in [-0.4, -0.2) is 235 Å². The minimum absolute atomic E-state index is 0.0138. The zero-order valence-electron chi connectivity index (χ0n) is 71.0. The number of rotatable bonds is 48. The van der Waals surface area contributed by atoms with E-state index >= 15 is 0 Å². The van der Waals surface area contributed by atoms with Gasteiger partial charge >= 0.3 is 6.09 Å². The molecular formula is C91H108Cl6N10O17S3. The van der Waals surface area contributed by atoms with Crippen molar-refractivity contribution in [1.29, 1.82) is 0 Å². The summed E-state index contributed by atoms with van der Waals surface area (Å²) in [4.78, 5) is 62.8. The van der Waals surface area contributed by atoms with E-state index in [1.165, 1.54) is 18.2 Å².